The van der Waals surface area contributed by atoms with Crippen molar-refractivity contribution in [3.05, 3.63) is 53.3 Å². The summed E-state index contributed by atoms with van der Waals surface area (Å²) in [5.74, 6) is 1.52. The molecule has 1 saturated carbocycles. The molecule has 35 heavy (non-hydrogen) atoms. The molecule has 1 aromatic carbocycles. The van der Waals surface area contributed by atoms with Crippen molar-refractivity contribution in [1.82, 2.24) is 25.2 Å². The molecule has 2 aromatic heterocycles. The molecule has 1 aliphatic carbocycles. The Morgan fingerprint density at radius 3 is 2.66 bits per heavy atom. The van der Waals surface area contributed by atoms with Gasteiger partial charge in [-0.3, -0.25) is 4.79 Å². The van der Waals surface area contributed by atoms with Gasteiger partial charge in [0, 0.05) is 49.6 Å². The van der Waals surface area contributed by atoms with Crippen molar-refractivity contribution in [2.24, 2.45) is 5.92 Å². The molecular weight excluding hydrogens is 440 g/mol. The lowest BCUT2D eigenvalue weighted by molar-refractivity contribution is -0.126. The van der Waals surface area contributed by atoms with Crippen molar-refractivity contribution in [3.63, 3.8) is 0 Å². The van der Waals surface area contributed by atoms with Gasteiger partial charge >= 0.3 is 0 Å². The lowest BCUT2D eigenvalue weighted by Gasteiger charge is -2.42. The fraction of sp³-hybridized carbons (Fsp3) is 0.519. The molecule has 2 aliphatic heterocycles. The third kappa shape index (κ3) is 4.14. The van der Waals surface area contributed by atoms with E-state index in [1.165, 1.54) is 30.4 Å². The van der Waals surface area contributed by atoms with Crippen LogP contribution in [0, 0.1) is 5.92 Å². The molecular formula is C27H34N6O2. The van der Waals surface area contributed by atoms with E-state index < -0.39 is 0 Å². The number of hydrogen-bond acceptors (Lipinski definition) is 6. The van der Waals surface area contributed by atoms with Crippen LogP contribution >= 0.6 is 0 Å². The zero-order valence-electron chi connectivity index (χ0n) is 20.2. The summed E-state index contributed by atoms with van der Waals surface area (Å²) in [6, 6.07) is 9.54. The minimum absolute atomic E-state index is 0.0196. The first kappa shape index (κ1) is 22.3. The second-order valence-corrected chi connectivity index (χ2v) is 10.4. The first-order valence-electron chi connectivity index (χ1n) is 13.0. The van der Waals surface area contributed by atoms with Gasteiger partial charge in [-0.15, -0.1) is 0 Å². The maximum absolute atomic E-state index is 13.2. The molecule has 0 unspecified atom stereocenters. The number of rotatable bonds is 5. The summed E-state index contributed by atoms with van der Waals surface area (Å²) in [5, 5.41) is 21.1. The van der Waals surface area contributed by atoms with Crippen LogP contribution in [0.3, 0.4) is 0 Å². The van der Waals surface area contributed by atoms with Crippen molar-refractivity contribution < 1.29 is 9.90 Å². The Balaban J connectivity index is 1.16. The van der Waals surface area contributed by atoms with Gasteiger partial charge in [-0.1, -0.05) is 31.4 Å². The standard InChI is InChI=1S/C27H34N6O2/c34-21-6-4-20(5-7-21)27(11-2-1-3-12-27)18-29-25(35)19-16-32(17-19)26-22-8-13-28-14-9-23(22)31-24-10-15-30-33(24)26/h4-7,10,15,19,28,34H,1-3,8-9,11-14,16-18H2,(H,29,35). The Morgan fingerprint density at radius 2 is 1.86 bits per heavy atom. The number of carbonyl (C=O) groups is 1. The molecule has 0 atom stereocenters. The van der Waals surface area contributed by atoms with Crippen LogP contribution in [-0.4, -0.2) is 58.3 Å². The van der Waals surface area contributed by atoms with Crippen molar-refractivity contribution in [2.75, 3.05) is 37.6 Å². The monoisotopic (exact) mass is 474 g/mol. The number of hydrogen-bond donors (Lipinski definition) is 3. The van der Waals surface area contributed by atoms with Gasteiger partial charge in [0.15, 0.2) is 5.65 Å². The van der Waals surface area contributed by atoms with Gasteiger partial charge in [0.2, 0.25) is 5.91 Å². The van der Waals surface area contributed by atoms with Gasteiger partial charge in [-0.05, 0) is 43.5 Å². The summed E-state index contributed by atoms with van der Waals surface area (Å²) < 4.78 is 1.94. The molecule has 4 heterocycles. The number of benzene rings is 1. The Bertz CT molecular complexity index is 1210. The fourth-order valence-corrected chi connectivity index (χ4v) is 6.17. The topological polar surface area (TPSA) is 94.8 Å². The number of phenols is 1. The minimum atomic E-state index is -0.0400. The van der Waals surface area contributed by atoms with Crippen molar-refractivity contribution >= 4 is 17.4 Å². The Labute approximate surface area is 205 Å². The molecule has 3 N–H and O–H groups in total. The highest BCUT2D eigenvalue weighted by molar-refractivity contribution is 5.82. The SMILES string of the molecule is O=C(NCC1(c2ccc(O)cc2)CCCCC1)C1CN(c2c3c(nc4ccnn24)CCNCC3)C1. The van der Waals surface area contributed by atoms with Crippen molar-refractivity contribution in [3.8, 4) is 5.75 Å². The Kier molecular flexibility index (Phi) is 5.84. The van der Waals surface area contributed by atoms with Crippen LogP contribution in [0.5, 0.6) is 5.75 Å². The maximum atomic E-state index is 13.2. The number of nitrogens with one attached hydrogen (secondary N) is 2. The van der Waals surface area contributed by atoms with Crippen molar-refractivity contribution in [2.45, 2.75) is 50.4 Å². The smallest absolute Gasteiger partial charge is 0.226 e. The van der Waals surface area contributed by atoms with E-state index in [-0.39, 0.29) is 23.0 Å². The number of aromatic nitrogens is 3. The quantitative estimate of drug-likeness (QED) is 0.526. The predicted octanol–water partition coefficient (Wildman–Crippen LogP) is 2.58. The molecule has 0 bridgehead atoms. The highest BCUT2D eigenvalue weighted by Crippen LogP contribution is 2.40. The van der Waals surface area contributed by atoms with Crippen LogP contribution < -0.4 is 15.5 Å². The maximum Gasteiger partial charge on any atom is 0.226 e. The summed E-state index contributed by atoms with van der Waals surface area (Å²) in [7, 11) is 0. The largest absolute Gasteiger partial charge is 0.508 e. The number of anilines is 1. The van der Waals surface area contributed by atoms with Crippen LogP contribution in [-0.2, 0) is 23.1 Å². The lowest BCUT2D eigenvalue weighted by atomic mass is 9.69. The van der Waals surface area contributed by atoms with Gasteiger partial charge in [0.1, 0.15) is 11.6 Å². The average Bonchev–Trinajstić information content (AvgIpc) is 3.19. The van der Waals surface area contributed by atoms with E-state index in [1.54, 1.807) is 18.3 Å². The molecule has 1 saturated heterocycles. The van der Waals surface area contributed by atoms with E-state index in [1.807, 2.05) is 22.7 Å². The molecule has 6 rings (SSSR count). The molecule has 1 amide bonds. The van der Waals surface area contributed by atoms with Crippen LogP contribution in [0.2, 0.25) is 0 Å². The zero-order chi connectivity index (χ0) is 23.8. The van der Waals surface area contributed by atoms with E-state index in [0.717, 1.165) is 55.9 Å². The van der Waals surface area contributed by atoms with E-state index in [2.05, 4.69) is 20.6 Å². The summed E-state index contributed by atoms with van der Waals surface area (Å²) in [6.45, 7) is 3.95. The minimum Gasteiger partial charge on any atom is -0.508 e. The van der Waals surface area contributed by atoms with E-state index >= 15 is 0 Å². The van der Waals surface area contributed by atoms with E-state index in [9.17, 15) is 9.90 Å². The second-order valence-electron chi connectivity index (χ2n) is 10.4. The summed E-state index contributed by atoms with van der Waals surface area (Å²) in [5.41, 5.74) is 4.47. The number of phenolic OH excluding ortho intramolecular Hbond substituents is 1. The first-order valence-corrected chi connectivity index (χ1v) is 13.0. The van der Waals surface area contributed by atoms with E-state index in [4.69, 9.17) is 4.98 Å². The molecule has 2 fully saturated rings. The molecule has 8 nitrogen and oxygen atoms in total. The van der Waals surface area contributed by atoms with Crippen LogP contribution in [0.15, 0.2) is 36.5 Å². The van der Waals surface area contributed by atoms with Gasteiger partial charge in [-0.2, -0.15) is 9.61 Å². The molecule has 184 valence electrons. The van der Waals surface area contributed by atoms with Crippen LogP contribution in [0.25, 0.3) is 5.65 Å². The molecule has 0 spiro atoms. The normalized spacial score (nSPS) is 20.2. The zero-order valence-corrected chi connectivity index (χ0v) is 20.2. The van der Waals surface area contributed by atoms with Gasteiger partial charge in [-0.25, -0.2) is 4.98 Å². The number of amides is 1. The van der Waals surface area contributed by atoms with Gasteiger partial charge in [0.05, 0.1) is 17.8 Å². The first-order chi connectivity index (χ1) is 17.1. The van der Waals surface area contributed by atoms with Gasteiger partial charge < -0.3 is 20.6 Å². The number of fused-ring (bicyclic) bond motifs is 2. The van der Waals surface area contributed by atoms with E-state index in [0.29, 0.717) is 19.6 Å². The predicted molar refractivity (Wildman–Crippen MR) is 135 cm³/mol. The summed E-state index contributed by atoms with van der Waals surface area (Å²) >= 11 is 0. The molecule has 0 radical (unpaired) electrons. The average molecular weight is 475 g/mol. The van der Waals surface area contributed by atoms with Crippen LogP contribution in [0.1, 0.15) is 48.9 Å². The Hall–Kier alpha value is -3.13. The van der Waals surface area contributed by atoms with Crippen molar-refractivity contribution in [1.29, 1.82) is 0 Å². The summed E-state index contributed by atoms with van der Waals surface area (Å²) in [6.07, 6.45) is 9.40. The fourth-order valence-electron chi connectivity index (χ4n) is 6.17. The highest BCUT2D eigenvalue weighted by Gasteiger charge is 2.39. The number of nitrogens with zero attached hydrogens (tertiary/aromatic N) is 4. The third-order valence-corrected chi connectivity index (χ3v) is 8.22. The highest BCUT2D eigenvalue weighted by atomic mass is 16.3. The van der Waals surface area contributed by atoms with Crippen LogP contribution in [0.4, 0.5) is 5.82 Å². The lowest BCUT2D eigenvalue weighted by Crippen LogP contribution is -2.56. The second kappa shape index (κ2) is 9.15. The molecule has 3 aliphatic rings. The summed E-state index contributed by atoms with van der Waals surface area (Å²) in [4.78, 5) is 20.4. The number of aromatic hydroxyl groups is 1. The molecule has 3 aromatic rings. The molecule has 8 heteroatoms. The third-order valence-electron chi connectivity index (χ3n) is 8.22. The Morgan fingerprint density at radius 1 is 1.09 bits per heavy atom. The number of carbonyl (C=O) groups excluding carboxylic acids is 1. The van der Waals surface area contributed by atoms with Gasteiger partial charge in [0.25, 0.3) is 0 Å².